The highest BCUT2D eigenvalue weighted by atomic mass is 16.7. The lowest BCUT2D eigenvalue weighted by molar-refractivity contribution is -0.141. The monoisotopic (exact) mass is 362 g/mol. The molecule has 0 bridgehead atoms. The van der Waals surface area contributed by atoms with Crippen LogP contribution in [0.15, 0.2) is 24.3 Å². The summed E-state index contributed by atoms with van der Waals surface area (Å²) in [5, 5.41) is 2.30. The first kappa shape index (κ1) is 18.7. The van der Waals surface area contributed by atoms with Gasteiger partial charge in [-0.15, -0.1) is 0 Å². The van der Waals surface area contributed by atoms with E-state index in [2.05, 4.69) is 10.2 Å². The first-order chi connectivity index (χ1) is 12.6. The topological polar surface area (TPSA) is 77.1 Å². The van der Waals surface area contributed by atoms with Gasteiger partial charge < -0.3 is 19.1 Å². The van der Waals surface area contributed by atoms with Crippen LogP contribution in [-0.4, -0.2) is 51.5 Å². The molecule has 0 aliphatic carbocycles. The minimum Gasteiger partial charge on any atom is -0.481 e. The van der Waals surface area contributed by atoms with Crippen LogP contribution in [0.3, 0.4) is 0 Å². The fourth-order valence-corrected chi connectivity index (χ4v) is 3.60. The summed E-state index contributed by atoms with van der Waals surface area (Å²) >= 11 is 0. The molecule has 2 amide bonds. The molecule has 1 atom stereocenters. The molecule has 2 aliphatic rings. The van der Waals surface area contributed by atoms with E-state index in [1.165, 1.54) is 0 Å². The first-order valence-electron chi connectivity index (χ1n) is 9.01. The number of carbonyl (C=O) groups excluding carboxylic acids is 2. The summed E-state index contributed by atoms with van der Waals surface area (Å²) in [7, 11) is 3.36. The number of hydrogen-bond acceptors (Lipinski definition) is 6. The summed E-state index contributed by atoms with van der Waals surface area (Å²) < 4.78 is 16.5. The number of piperidine rings is 2. The highest BCUT2D eigenvalue weighted by Gasteiger charge is 2.29. The molecule has 3 rings (SSSR count). The van der Waals surface area contributed by atoms with E-state index in [-0.39, 0.29) is 18.1 Å². The Bertz CT molecular complexity index is 621. The Morgan fingerprint density at radius 1 is 1.04 bits per heavy atom. The molecule has 1 aromatic carbocycles. The molecule has 7 nitrogen and oxygen atoms in total. The van der Waals surface area contributed by atoms with Crippen molar-refractivity contribution in [2.45, 2.75) is 38.1 Å². The van der Waals surface area contributed by atoms with E-state index >= 15 is 0 Å². The Hall–Kier alpha value is -2.12. The second kappa shape index (κ2) is 8.51. The smallest absolute Gasteiger partial charge is 0.267 e. The molecule has 7 heteroatoms. The molecule has 0 spiro atoms. The van der Waals surface area contributed by atoms with Crippen molar-refractivity contribution >= 4 is 17.5 Å². The number of nitrogens with one attached hydrogen (secondary N) is 1. The number of ether oxygens (including phenoxy) is 3. The molecule has 0 aromatic heterocycles. The van der Waals surface area contributed by atoms with Gasteiger partial charge in [0.05, 0.1) is 0 Å². The van der Waals surface area contributed by atoms with Crippen LogP contribution < -0.4 is 15.0 Å². The van der Waals surface area contributed by atoms with Gasteiger partial charge in [0, 0.05) is 51.8 Å². The third kappa shape index (κ3) is 4.34. The predicted molar refractivity (Wildman–Crippen MR) is 96.0 cm³/mol. The van der Waals surface area contributed by atoms with Crippen LogP contribution in [0.2, 0.25) is 0 Å². The molecule has 1 aromatic rings. The number of nitrogens with zero attached hydrogens (tertiary/aromatic N) is 1. The maximum absolute atomic E-state index is 11.8. The highest BCUT2D eigenvalue weighted by Crippen LogP contribution is 2.28. The first-order valence-corrected chi connectivity index (χ1v) is 9.01. The highest BCUT2D eigenvalue weighted by molar-refractivity contribution is 5.99. The molecule has 2 saturated heterocycles. The van der Waals surface area contributed by atoms with Gasteiger partial charge in [0.15, 0.2) is 12.4 Å². The van der Waals surface area contributed by atoms with E-state index in [1.807, 2.05) is 24.3 Å². The Morgan fingerprint density at radius 3 is 2.27 bits per heavy atom. The number of methoxy groups -OCH3 is 2. The zero-order valence-corrected chi connectivity index (χ0v) is 15.3. The summed E-state index contributed by atoms with van der Waals surface area (Å²) in [6.45, 7) is 1.89. The Kier molecular flexibility index (Phi) is 6.11. The van der Waals surface area contributed by atoms with Crippen molar-refractivity contribution in [2.24, 2.45) is 5.92 Å². The lowest BCUT2D eigenvalue weighted by Crippen LogP contribution is -2.46. The molecule has 2 aliphatic heterocycles. The number of amides is 2. The van der Waals surface area contributed by atoms with Crippen molar-refractivity contribution in [3.05, 3.63) is 24.3 Å². The molecule has 1 unspecified atom stereocenters. The van der Waals surface area contributed by atoms with Crippen molar-refractivity contribution in [3.63, 3.8) is 0 Å². The van der Waals surface area contributed by atoms with E-state index < -0.39 is 6.10 Å². The Balaban J connectivity index is 1.53. The van der Waals surface area contributed by atoms with Crippen molar-refractivity contribution < 1.29 is 23.8 Å². The van der Waals surface area contributed by atoms with E-state index in [0.717, 1.165) is 31.6 Å². The van der Waals surface area contributed by atoms with Gasteiger partial charge >= 0.3 is 0 Å². The van der Waals surface area contributed by atoms with E-state index in [0.29, 0.717) is 24.5 Å². The average Bonchev–Trinajstić information content (AvgIpc) is 2.66. The molecule has 0 saturated carbocycles. The maximum Gasteiger partial charge on any atom is 0.267 e. The Labute approximate surface area is 153 Å². The van der Waals surface area contributed by atoms with Gasteiger partial charge in [-0.3, -0.25) is 14.9 Å². The standard InChI is InChI=1S/C19H26N2O5/c1-24-19(25-2)13-9-11-21(12-10-13)14-3-5-15(6-4-14)26-16-7-8-17(22)20-18(16)23/h3-6,13,16,19H,7-12H2,1-2H3,(H,20,22,23). The minimum absolute atomic E-state index is 0.138. The van der Waals surface area contributed by atoms with Crippen molar-refractivity contribution in [2.75, 3.05) is 32.2 Å². The van der Waals surface area contributed by atoms with Gasteiger partial charge in [-0.25, -0.2) is 0 Å². The summed E-state index contributed by atoms with van der Waals surface area (Å²) in [6, 6.07) is 7.76. The molecule has 26 heavy (non-hydrogen) atoms. The van der Waals surface area contributed by atoms with Crippen LogP contribution >= 0.6 is 0 Å². The molecule has 0 radical (unpaired) electrons. The van der Waals surface area contributed by atoms with E-state index in [4.69, 9.17) is 14.2 Å². The third-order valence-corrected chi connectivity index (χ3v) is 5.06. The lowest BCUT2D eigenvalue weighted by Gasteiger charge is -2.36. The largest absolute Gasteiger partial charge is 0.481 e. The van der Waals surface area contributed by atoms with Gasteiger partial charge in [0.25, 0.3) is 5.91 Å². The van der Waals surface area contributed by atoms with Crippen LogP contribution in [0.4, 0.5) is 5.69 Å². The summed E-state index contributed by atoms with van der Waals surface area (Å²) in [6.07, 6.45) is 2.02. The fraction of sp³-hybridized carbons (Fsp3) is 0.579. The predicted octanol–water partition coefficient (Wildman–Crippen LogP) is 1.71. The minimum atomic E-state index is -0.602. The Morgan fingerprint density at radius 2 is 1.69 bits per heavy atom. The van der Waals surface area contributed by atoms with E-state index in [1.54, 1.807) is 14.2 Å². The zero-order chi connectivity index (χ0) is 18.5. The van der Waals surface area contributed by atoms with Crippen molar-refractivity contribution in [1.29, 1.82) is 0 Å². The number of imide groups is 1. The second-order valence-corrected chi connectivity index (χ2v) is 6.72. The lowest BCUT2D eigenvalue weighted by atomic mass is 9.95. The van der Waals surface area contributed by atoms with Crippen LogP contribution in [0, 0.1) is 5.92 Å². The number of anilines is 1. The third-order valence-electron chi connectivity index (χ3n) is 5.06. The quantitative estimate of drug-likeness (QED) is 0.613. The fourth-order valence-electron chi connectivity index (χ4n) is 3.60. The van der Waals surface area contributed by atoms with Crippen molar-refractivity contribution in [1.82, 2.24) is 5.32 Å². The molecule has 2 fully saturated rings. The average molecular weight is 362 g/mol. The number of carbonyl (C=O) groups is 2. The number of rotatable bonds is 6. The molecular weight excluding hydrogens is 336 g/mol. The van der Waals surface area contributed by atoms with Gasteiger partial charge in [-0.2, -0.15) is 0 Å². The maximum atomic E-state index is 11.8. The summed E-state index contributed by atoms with van der Waals surface area (Å²) in [5.74, 6) is 0.448. The van der Waals surface area contributed by atoms with Gasteiger partial charge in [-0.1, -0.05) is 0 Å². The number of hydrogen-bond donors (Lipinski definition) is 1. The van der Waals surface area contributed by atoms with Gasteiger partial charge in [-0.05, 0) is 37.1 Å². The van der Waals surface area contributed by atoms with Crippen molar-refractivity contribution in [3.8, 4) is 5.75 Å². The van der Waals surface area contributed by atoms with E-state index in [9.17, 15) is 9.59 Å². The molecular formula is C19H26N2O5. The van der Waals surface area contributed by atoms with Gasteiger partial charge in [0.2, 0.25) is 5.91 Å². The van der Waals surface area contributed by atoms with Crippen LogP contribution in [-0.2, 0) is 19.1 Å². The molecule has 2 heterocycles. The second-order valence-electron chi connectivity index (χ2n) is 6.72. The van der Waals surface area contributed by atoms with Crippen LogP contribution in [0.25, 0.3) is 0 Å². The van der Waals surface area contributed by atoms with Gasteiger partial charge in [0.1, 0.15) is 5.75 Å². The molecule has 142 valence electrons. The normalized spacial score (nSPS) is 21.8. The van der Waals surface area contributed by atoms with Crippen LogP contribution in [0.5, 0.6) is 5.75 Å². The summed E-state index contributed by atoms with van der Waals surface area (Å²) in [4.78, 5) is 25.3. The molecule has 1 N–H and O–H groups in total. The zero-order valence-electron chi connectivity index (χ0n) is 15.3. The number of benzene rings is 1. The summed E-state index contributed by atoms with van der Waals surface area (Å²) in [5.41, 5.74) is 1.13. The SMILES string of the molecule is COC(OC)C1CCN(c2ccc(OC3CCC(=O)NC3=O)cc2)CC1. The van der Waals surface area contributed by atoms with Crippen LogP contribution in [0.1, 0.15) is 25.7 Å².